The van der Waals surface area contributed by atoms with E-state index >= 15 is 0 Å². The molecule has 2 amide bonds. The fourth-order valence-electron chi connectivity index (χ4n) is 4.20. The average Bonchev–Trinajstić information content (AvgIpc) is 3.19. The predicted octanol–water partition coefficient (Wildman–Crippen LogP) is 3.14. The molecule has 31 heavy (non-hydrogen) atoms. The highest BCUT2D eigenvalue weighted by atomic mass is 35.5. The van der Waals surface area contributed by atoms with Crippen molar-refractivity contribution in [3.05, 3.63) is 64.2 Å². The molecule has 6 nitrogen and oxygen atoms in total. The van der Waals surface area contributed by atoms with Crippen LogP contribution in [0.4, 0.5) is 5.69 Å². The molecule has 2 saturated heterocycles. The second-order valence-electron chi connectivity index (χ2n) is 8.39. The summed E-state index contributed by atoms with van der Waals surface area (Å²) in [5.41, 5.74) is 3.39. The third kappa shape index (κ3) is 5.45. The predicted molar refractivity (Wildman–Crippen MR) is 123 cm³/mol. The lowest BCUT2D eigenvalue weighted by Gasteiger charge is -2.32. The lowest BCUT2D eigenvalue weighted by Crippen LogP contribution is -2.43. The van der Waals surface area contributed by atoms with Gasteiger partial charge in [0.1, 0.15) is 0 Å². The van der Waals surface area contributed by atoms with Crippen molar-refractivity contribution in [2.24, 2.45) is 0 Å². The number of benzene rings is 2. The van der Waals surface area contributed by atoms with Crippen LogP contribution in [0, 0.1) is 0 Å². The van der Waals surface area contributed by atoms with E-state index in [0.29, 0.717) is 35.8 Å². The highest BCUT2D eigenvalue weighted by molar-refractivity contribution is 6.31. The SMILES string of the molecule is CN1CCN(Cc2cccc(CNC(=O)c3ccc(Cl)cc3N3CCCC3=O)c2)CC1. The van der Waals surface area contributed by atoms with Crippen molar-refractivity contribution in [1.82, 2.24) is 15.1 Å². The molecule has 2 fully saturated rings. The molecule has 2 aromatic carbocycles. The fourth-order valence-corrected chi connectivity index (χ4v) is 4.37. The van der Waals surface area contributed by atoms with Crippen LogP contribution in [0.25, 0.3) is 0 Å². The number of hydrogen-bond acceptors (Lipinski definition) is 4. The van der Waals surface area contributed by atoms with Crippen LogP contribution >= 0.6 is 11.6 Å². The molecule has 2 heterocycles. The van der Waals surface area contributed by atoms with E-state index in [1.807, 2.05) is 12.1 Å². The van der Waals surface area contributed by atoms with Gasteiger partial charge in [-0.2, -0.15) is 0 Å². The molecule has 7 heteroatoms. The van der Waals surface area contributed by atoms with Gasteiger partial charge in [-0.25, -0.2) is 0 Å². The number of halogens is 1. The third-order valence-corrected chi connectivity index (χ3v) is 6.25. The minimum Gasteiger partial charge on any atom is -0.348 e. The summed E-state index contributed by atoms with van der Waals surface area (Å²) in [6.07, 6.45) is 1.31. The number of nitrogens with one attached hydrogen (secondary N) is 1. The largest absolute Gasteiger partial charge is 0.348 e. The zero-order chi connectivity index (χ0) is 21.8. The molecule has 0 atom stereocenters. The first kappa shape index (κ1) is 21.8. The lowest BCUT2D eigenvalue weighted by molar-refractivity contribution is -0.117. The second kappa shape index (κ2) is 9.81. The van der Waals surface area contributed by atoms with Crippen molar-refractivity contribution in [2.75, 3.05) is 44.7 Å². The maximum absolute atomic E-state index is 12.9. The Labute approximate surface area is 188 Å². The molecule has 0 radical (unpaired) electrons. The number of carbonyl (C=O) groups excluding carboxylic acids is 2. The number of likely N-dealkylation sites (N-methyl/N-ethyl adjacent to an activating group) is 1. The van der Waals surface area contributed by atoms with Crippen LogP contribution < -0.4 is 10.2 Å². The van der Waals surface area contributed by atoms with E-state index in [9.17, 15) is 9.59 Å². The van der Waals surface area contributed by atoms with Crippen molar-refractivity contribution in [1.29, 1.82) is 0 Å². The number of nitrogens with zero attached hydrogens (tertiary/aromatic N) is 3. The summed E-state index contributed by atoms with van der Waals surface area (Å²) in [6, 6.07) is 13.5. The van der Waals surface area contributed by atoms with E-state index in [4.69, 9.17) is 11.6 Å². The number of amides is 2. The maximum atomic E-state index is 12.9. The smallest absolute Gasteiger partial charge is 0.253 e. The Morgan fingerprint density at radius 3 is 2.55 bits per heavy atom. The van der Waals surface area contributed by atoms with Gasteiger partial charge >= 0.3 is 0 Å². The standard InChI is InChI=1S/C24H29ClN4O2/c1-27-10-12-28(13-11-27)17-19-5-2-4-18(14-19)16-26-24(31)21-8-7-20(25)15-22(21)29-9-3-6-23(29)30/h2,4-5,7-8,14-15H,3,6,9-13,16-17H2,1H3,(H,26,31). The monoisotopic (exact) mass is 440 g/mol. The zero-order valence-electron chi connectivity index (χ0n) is 17.9. The minimum atomic E-state index is -0.198. The Kier molecular flexibility index (Phi) is 6.90. The van der Waals surface area contributed by atoms with Gasteiger partial charge in [0.15, 0.2) is 0 Å². The van der Waals surface area contributed by atoms with Gasteiger partial charge in [0.25, 0.3) is 5.91 Å². The molecule has 4 rings (SSSR count). The Balaban J connectivity index is 1.41. The number of hydrogen-bond donors (Lipinski definition) is 1. The molecule has 1 N–H and O–H groups in total. The summed E-state index contributed by atoms with van der Waals surface area (Å²) in [5.74, 6) is -0.163. The summed E-state index contributed by atoms with van der Waals surface area (Å²) in [7, 11) is 2.16. The first-order chi connectivity index (χ1) is 15.0. The van der Waals surface area contributed by atoms with Crippen LogP contribution in [-0.4, -0.2) is 61.4 Å². The normalized spacial score (nSPS) is 17.9. The lowest BCUT2D eigenvalue weighted by atomic mass is 10.1. The summed E-state index contributed by atoms with van der Waals surface area (Å²) >= 11 is 6.15. The van der Waals surface area contributed by atoms with Gasteiger partial charge in [-0.05, 0) is 42.8 Å². The van der Waals surface area contributed by atoms with E-state index in [1.54, 1.807) is 23.1 Å². The number of rotatable bonds is 6. The topological polar surface area (TPSA) is 55.9 Å². The van der Waals surface area contributed by atoms with Crippen LogP contribution in [-0.2, 0) is 17.9 Å². The van der Waals surface area contributed by atoms with Gasteiger partial charge in [0.2, 0.25) is 5.91 Å². The second-order valence-corrected chi connectivity index (χ2v) is 8.83. The molecular weight excluding hydrogens is 412 g/mol. The van der Waals surface area contributed by atoms with E-state index in [2.05, 4.69) is 34.3 Å². The van der Waals surface area contributed by atoms with Crippen molar-refractivity contribution in [3.63, 3.8) is 0 Å². The summed E-state index contributed by atoms with van der Waals surface area (Å²) in [5, 5.41) is 3.53. The number of piperazine rings is 1. The first-order valence-electron chi connectivity index (χ1n) is 10.9. The molecule has 164 valence electrons. The Morgan fingerprint density at radius 1 is 1.03 bits per heavy atom. The molecule has 0 aliphatic carbocycles. The Bertz CT molecular complexity index is 956. The molecule has 2 aromatic rings. The summed E-state index contributed by atoms with van der Waals surface area (Å²) in [4.78, 5) is 31.6. The molecular formula is C24H29ClN4O2. The van der Waals surface area contributed by atoms with Gasteiger partial charge in [0.05, 0.1) is 11.3 Å². The van der Waals surface area contributed by atoms with Crippen molar-refractivity contribution < 1.29 is 9.59 Å². The molecule has 0 aromatic heterocycles. The molecule has 0 spiro atoms. The van der Waals surface area contributed by atoms with Crippen molar-refractivity contribution in [2.45, 2.75) is 25.9 Å². The quantitative estimate of drug-likeness (QED) is 0.749. The van der Waals surface area contributed by atoms with Gasteiger partial charge in [-0.3, -0.25) is 14.5 Å². The van der Waals surface area contributed by atoms with Crippen LogP contribution in [0.5, 0.6) is 0 Å². The van der Waals surface area contributed by atoms with Crippen molar-refractivity contribution >= 4 is 29.1 Å². The maximum Gasteiger partial charge on any atom is 0.253 e. The van der Waals surface area contributed by atoms with Gasteiger partial charge in [-0.15, -0.1) is 0 Å². The van der Waals surface area contributed by atoms with Gasteiger partial charge < -0.3 is 15.1 Å². The van der Waals surface area contributed by atoms with Crippen LogP contribution in [0.15, 0.2) is 42.5 Å². The number of anilines is 1. The van der Waals surface area contributed by atoms with Gasteiger partial charge in [-0.1, -0.05) is 35.9 Å². The summed E-state index contributed by atoms with van der Waals surface area (Å²) < 4.78 is 0. The highest BCUT2D eigenvalue weighted by Crippen LogP contribution is 2.28. The zero-order valence-corrected chi connectivity index (χ0v) is 18.7. The molecule has 0 unspecified atom stereocenters. The van der Waals surface area contributed by atoms with E-state index < -0.39 is 0 Å². The fraction of sp³-hybridized carbons (Fsp3) is 0.417. The molecule has 2 aliphatic heterocycles. The average molecular weight is 441 g/mol. The Morgan fingerprint density at radius 2 is 1.81 bits per heavy atom. The van der Waals surface area contributed by atoms with Crippen LogP contribution in [0.2, 0.25) is 5.02 Å². The van der Waals surface area contributed by atoms with Crippen molar-refractivity contribution in [3.8, 4) is 0 Å². The van der Waals surface area contributed by atoms with E-state index in [-0.39, 0.29) is 11.8 Å². The van der Waals surface area contributed by atoms with Gasteiger partial charge in [0, 0.05) is 57.3 Å². The number of carbonyl (C=O) groups is 2. The highest BCUT2D eigenvalue weighted by Gasteiger charge is 2.26. The third-order valence-electron chi connectivity index (χ3n) is 6.02. The van der Waals surface area contributed by atoms with Crippen LogP contribution in [0.1, 0.15) is 34.3 Å². The Hall–Kier alpha value is -2.41. The molecule has 2 aliphatic rings. The van der Waals surface area contributed by atoms with Crippen LogP contribution in [0.3, 0.4) is 0 Å². The van der Waals surface area contributed by atoms with E-state index in [1.165, 1.54) is 5.56 Å². The molecule has 0 bridgehead atoms. The molecule has 0 saturated carbocycles. The minimum absolute atomic E-state index is 0.0351. The first-order valence-corrected chi connectivity index (χ1v) is 11.2. The van der Waals surface area contributed by atoms with E-state index in [0.717, 1.165) is 44.7 Å². The summed E-state index contributed by atoms with van der Waals surface area (Å²) in [6.45, 7) is 6.32.